The van der Waals surface area contributed by atoms with Crippen molar-refractivity contribution in [2.75, 3.05) is 19.5 Å². The molecule has 170 valence electrons. The molecule has 33 heavy (non-hydrogen) atoms. The van der Waals surface area contributed by atoms with Crippen LogP contribution in [0.4, 0.5) is 5.69 Å². The number of nitrogens with zero attached hydrogens (tertiary/aromatic N) is 1. The Bertz CT molecular complexity index is 1130. The number of rotatable bonds is 8. The molecule has 3 rings (SSSR count). The highest BCUT2D eigenvalue weighted by Crippen LogP contribution is 2.29. The van der Waals surface area contributed by atoms with Crippen molar-refractivity contribution in [1.82, 2.24) is 10.3 Å². The predicted molar refractivity (Wildman–Crippen MR) is 120 cm³/mol. The molecule has 0 bridgehead atoms. The lowest BCUT2D eigenvalue weighted by molar-refractivity contribution is -0.142. The molecule has 0 fully saturated rings. The molecule has 0 unspecified atom stereocenters. The first-order valence-corrected chi connectivity index (χ1v) is 9.98. The lowest BCUT2D eigenvalue weighted by Crippen LogP contribution is -2.43. The van der Waals surface area contributed by atoms with Crippen LogP contribution in [0, 0.1) is 0 Å². The zero-order valence-corrected chi connectivity index (χ0v) is 18.1. The fraction of sp³-hybridized carbons (Fsp3) is 0.167. The van der Waals surface area contributed by atoms with Crippen molar-refractivity contribution in [1.29, 1.82) is 0 Å². The largest absolute Gasteiger partial charge is 0.504 e. The SMILES string of the molecule is COC(=O)[C@@H](Cc1ccc(NC(=O)c2cccc(OC)c2O)cc1)NC(=O)c1cccnc1. The topological polar surface area (TPSA) is 127 Å². The van der Waals surface area contributed by atoms with Crippen LogP contribution in [0.3, 0.4) is 0 Å². The van der Waals surface area contributed by atoms with Gasteiger partial charge in [-0.15, -0.1) is 0 Å². The number of para-hydroxylation sites is 1. The molecule has 9 nitrogen and oxygen atoms in total. The average Bonchev–Trinajstić information content (AvgIpc) is 2.84. The molecule has 0 radical (unpaired) electrons. The van der Waals surface area contributed by atoms with E-state index >= 15 is 0 Å². The van der Waals surface area contributed by atoms with Gasteiger partial charge in [-0.25, -0.2) is 4.79 Å². The van der Waals surface area contributed by atoms with E-state index in [4.69, 9.17) is 9.47 Å². The van der Waals surface area contributed by atoms with Crippen LogP contribution in [0.25, 0.3) is 0 Å². The summed E-state index contributed by atoms with van der Waals surface area (Å²) >= 11 is 0. The number of esters is 1. The van der Waals surface area contributed by atoms with E-state index in [1.54, 1.807) is 54.7 Å². The highest BCUT2D eigenvalue weighted by molar-refractivity contribution is 6.06. The Kier molecular flexibility index (Phi) is 7.59. The summed E-state index contributed by atoms with van der Waals surface area (Å²) in [6.45, 7) is 0. The van der Waals surface area contributed by atoms with Crippen LogP contribution in [0.2, 0.25) is 0 Å². The van der Waals surface area contributed by atoms with Gasteiger partial charge in [0.25, 0.3) is 11.8 Å². The summed E-state index contributed by atoms with van der Waals surface area (Å²) in [6.07, 6.45) is 3.13. The molecule has 2 aromatic carbocycles. The number of pyridine rings is 1. The Labute approximate surface area is 190 Å². The molecule has 0 aliphatic rings. The van der Waals surface area contributed by atoms with E-state index < -0.39 is 23.8 Å². The molecular weight excluding hydrogens is 426 g/mol. The minimum atomic E-state index is -0.906. The number of methoxy groups -OCH3 is 2. The number of amides is 2. The van der Waals surface area contributed by atoms with Gasteiger partial charge >= 0.3 is 5.97 Å². The third-order valence-electron chi connectivity index (χ3n) is 4.83. The first kappa shape index (κ1) is 23.3. The number of aromatic nitrogens is 1. The molecule has 0 spiro atoms. The van der Waals surface area contributed by atoms with E-state index in [-0.39, 0.29) is 23.5 Å². The Hall–Kier alpha value is -4.40. The number of benzene rings is 2. The van der Waals surface area contributed by atoms with Crippen LogP contribution in [0.15, 0.2) is 67.0 Å². The molecule has 0 aliphatic heterocycles. The lowest BCUT2D eigenvalue weighted by atomic mass is 10.0. The highest BCUT2D eigenvalue weighted by Gasteiger charge is 2.23. The van der Waals surface area contributed by atoms with Gasteiger partial charge in [0.15, 0.2) is 11.5 Å². The first-order chi connectivity index (χ1) is 15.9. The number of phenols is 1. The molecule has 9 heteroatoms. The van der Waals surface area contributed by atoms with E-state index in [0.29, 0.717) is 11.3 Å². The molecule has 3 aromatic rings. The van der Waals surface area contributed by atoms with Gasteiger partial charge in [0.1, 0.15) is 6.04 Å². The van der Waals surface area contributed by atoms with Crippen LogP contribution in [0.1, 0.15) is 26.3 Å². The van der Waals surface area contributed by atoms with Gasteiger partial charge in [-0.1, -0.05) is 18.2 Å². The number of anilines is 1. The van der Waals surface area contributed by atoms with E-state index in [9.17, 15) is 19.5 Å². The molecule has 0 aliphatic carbocycles. The second-order valence-corrected chi connectivity index (χ2v) is 7.00. The Balaban J connectivity index is 1.68. The molecule has 2 amide bonds. The zero-order chi connectivity index (χ0) is 23.8. The number of nitrogens with one attached hydrogen (secondary N) is 2. The second kappa shape index (κ2) is 10.8. The number of aromatic hydroxyl groups is 1. The Morgan fingerprint density at radius 1 is 1.00 bits per heavy atom. The minimum absolute atomic E-state index is 0.0716. The summed E-state index contributed by atoms with van der Waals surface area (Å²) in [5.74, 6) is -1.59. The van der Waals surface area contributed by atoms with Crippen molar-refractivity contribution < 1.29 is 29.0 Å². The monoisotopic (exact) mass is 449 g/mol. The highest BCUT2D eigenvalue weighted by atomic mass is 16.5. The Morgan fingerprint density at radius 2 is 1.76 bits per heavy atom. The summed E-state index contributed by atoms with van der Waals surface area (Å²) in [7, 11) is 2.65. The van der Waals surface area contributed by atoms with Gasteiger partial charge in [0.05, 0.1) is 25.3 Å². The summed E-state index contributed by atoms with van der Waals surface area (Å²) in [6, 6.07) is 13.7. The molecule has 0 saturated heterocycles. The number of carbonyl (C=O) groups is 3. The number of phenolic OH excluding ortho intramolecular Hbond substituents is 1. The maximum absolute atomic E-state index is 12.5. The summed E-state index contributed by atoms with van der Waals surface area (Å²) in [5.41, 5.74) is 1.62. The third-order valence-corrected chi connectivity index (χ3v) is 4.83. The molecule has 3 N–H and O–H groups in total. The lowest BCUT2D eigenvalue weighted by Gasteiger charge is -2.17. The van der Waals surface area contributed by atoms with E-state index in [2.05, 4.69) is 15.6 Å². The summed E-state index contributed by atoms with van der Waals surface area (Å²) in [4.78, 5) is 41.0. The quantitative estimate of drug-likeness (QED) is 0.451. The zero-order valence-electron chi connectivity index (χ0n) is 18.1. The average molecular weight is 449 g/mol. The van der Waals surface area contributed by atoms with Crippen LogP contribution >= 0.6 is 0 Å². The number of hydrogen-bond acceptors (Lipinski definition) is 7. The summed E-state index contributed by atoms with van der Waals surface area (Å²) in [5, 5.41) is 15.5. The second-order valence-electron chi connectivity index (χ2n) is 7.00. The number of hydrogen-bond donors (Lipinski definition) is 3. The summed E-state index contributed by atoms with van der Waals surface area (Å²) < 4.78 is 9.84. The van der Waals surface area contributed by atoms with Gasteiger partial charge in [0.2, 0.25) is 0 Å². The molecule has 1 atom stereocenters. The molecule has 0 saturated carbocycles. The van der Waals surface area contributed by atoms with Gasteiger partial charge in [-0.3, -0.25) is 14.6 Å². The fourth-order valence-corrected chi connectivity index (χ4v) is 3.10. The van der Waals surface area contributed by atoms with Crippen molar-refractivity contribution in [2.45, 2.75) is 12.5 Å². The van der Waals surface area contributed by atoms with Crippen molar-refractivity contribution >= 4 is 23.5 Å². The van der Waals surface area contributed by atoms with Crippen LogP contribution in [-0.4, -0.2) is 48.1 Å². The fourth-order valence-electron chi connectivity index (χ4n) is 3.10. The smallest absolute Gasteiger partial charge is 0.328 e. The maximum Gasteiger partial charge on any atom is 0.328 e. The van der Waals surface area contributed by atoms with Crippen LogP contribution < -0.4 is 15.4 Å². The third kappa shape index (κ3) is 5.85. The van der Waals surface area contributed by atoms with E-state index in [1.807, 2.05) is 0 Å². The molecular formula is C24H23N3O6. The number of ether oxygens (including phenoxy) is 2. The number of carbonyl (C=O) groups excluding carboxylic acids is 3. The standard InChI is InChI=1S/C24H23N3O6/c1-32-20-7-3-6-18(21(20)28)23(30)26-17-10-8-15(9-11-17)13-19(24(31)33-2)27-22(29)16-5-4-12-25-14-16/h3-12,14,19,28H,13H2,1-2H3,(H,26,30)(H,27,29)/t19-/m1/s1. The van der Waals surface area contributed by atoms with Crippen molar-refractivity contribution in [2.24, 2.45) is 0 Å². The van der Waals surface area contributed by atoms with Crippen molar-refractivity contribution in [3.8, 4) is 11.5 Å². The Morgan fingerprint density at radius 3 is 2.39 bits per heavy atom. The minimum Gasteiger partial charge on any atom is -0.504 e. The maximum atomic E-state index is 12.5. The van der Waals surface area contributed by atoms with Crippen LogP contribution in [0.5, 0.6) is 11.5 Å². The first-order valence-electron chi connectivity index (χ1n) is 9.98. The van der Waals surface area contributed by atoms with E-state index in [1.165, 1.54) is 26.5 Å². The van der Waals surface area contributed by atoms with E-state index in [0.717, 1.165) is 5.56 Å². The van der Waals surface area contributed by atoms with Crippen molar-refractivity contribution in [3.63, 3.8) is 0 Å². The predicted octanol–water partition coefficient (Wildman–Crippen LogP) is 2.56. The normalized spacial score (nSPS) is 11.2. The van der Waals surface area contributed by atoms with Crippen molar-refractivity contribution in [3.05, 3.63) is 83.7 Å². The molecule has 1 aromatic heterocycles. The van der Waals surface area contributed by atoms with Gasteiger partial charge in [0, 0.05) is 24.5 Å². The van der Waals surface area contributed by atoms with Gasteiger partial charge in [-0.2, -0.15) is 0 Å². The molecule has 1 heterocycles. The van der Waals surface area contributed by atoms with Crippen LogP contribution in [-0.2, 0) is 16.0 Å². The van der Waals surface area contributed by atoms with Gasteiger partial charge < -0.3 is 25.2 Å². The van der Waals surface area contributed by atoms with Gasteiger partial charge in [-0.05, 0) is 42.0 Å².